The molecule has 3 atom stereocenters. The minimum atomic E-state index is 0.282. The van der Waals surface area contributed by atoms with Gasteiger partial charge in [-0.15, -0.1) is 0 Å². The van der Waals surface area contributed by atoms with Crippen LogP contribution >= 0.6 is 0 Å². The summed E-state index contributed by atoms with van der Waals surface area (Å²) in [5.74, 6) is 1.78. The largest absolute Gasteiger partial charge is 0.489 e. The SMILES string of the molecule is CCNC1CCC(C(C)(C)C)CC1Oc1ccccc1C. The van der Waals surface area contributed by atoms with Gasteiger partial charge in [-0.2, -0.15) is 0 Å². The third-order valence-electron chi connectivity index (χ3n) is 4.85. The van der Waals surface area contributed by atoms with Gasteiger partial charge >= 0.3 is 0 Å². The number of aryl methyl sites for hydroxylation is 1. The molecule has 0 bridgehead atoms. The maximum absolute atomic E-state index is 6.41. The van der Waals surface area contributed by atoms with E-state index in [-0.39, 0.29) is 6.10 Å². The summed E-state index contributed by atoms with van der Waals surface area (Å²) in [5.41, 5.74) is 1.59. The van der Waals surface area contributed by atoms with Crippen LogP contribution in [0.1, 0.15) is 52.5 Å². The fourth-order valence-corrected chi connectivity index (χ4v) is 3.39. The molecule has 0 aromatic heterocycles. The van der Waals surface area contributed by atoms with Gasteiger partial charge in [0.15, 0.2) is 0 Å². The molecule has 1 aliphatic rings. The Hall–Kier alpha value is -1.02. The van der Waals surface area contributed by atoms with E-state index >= 15 is 0 Å². The first-order valence-corrected chi connectivity index (χ1v) is 8.37. The van der Waals surface area contributed by atoms with Crippen LogP contribution in [-0.2, 0) is 0 Å². The molecule has 0 aliphatic heterocycles. The van der Waals surface area contributed by atoms with E-state index in [1.807, 2.05) is 0 Å². The lowest BCUT2D eigenvalue weighted by Crippen LogP contribution is -2.48. The molecular weight excluding hydrogens is 258 g/mol. The highest BCUT2D eigenvalue weighted by molar-refractivity contribution is 5.32. The first-order valence-electron chi connectivity index (χ1n) is 8.37. The Morgan fingerprint density at radius 3 is 2.52 bits per heavy atom. The van der Waals surface area contributed by atoms with Crippen molar-refractivity contribution in [2.45, 2.75) is 66.0 Å². The molecular formula is C19H31NO. The zero-order valence-electron chi connectivity index (χ0n) is 14.3. The van der Waals surface area contributed by atoms with Gasteiger partial charge in [0.05, 0.1) is 0 Å². The summed E-state index contributed by atoms with van der Waals surface area (Å²) < 4.78 is 6.41. The van der Waals surface area contributed by atoms with Crippen molar-refractivity contribution < 1.29 is 4.74 Å². The van der Waals surface area contributed by atoms with E-state index in [2.05, 4.69) is 64.2 Å². The normalized spacial score (nSPS) is 26.6. The van der Waals surface area contributed by atoms with Gasteiger partial charge in [-0.05, 0) is 55.7 Å². The highest BCUT2D eigenvalue weighted by Crippen LogP contribution is 2.39. The summed E-state index contributed by atoms with van der Waals surface area (Å²) in [6.07, 6.45) is 3.94. The van der Waals surface area contributed by atoms with Crippen LogP contribution in [0.3, 0.4) is 0 Å². The average Bonchev–Trinajstić information content (AvgIpc) is 2.42. The average molecular weight is 289 g/mol. The van der Waals surface area contributed by atoms with Gasteiger partial charge in [0.1, 0.15) is 11.9 Å². The van der Waals surface area contributed by atoms with E-state index in [4.69, 9.17) is 4.74 Å². The van der Waals surface area contributed by atoms with Crippen LogP contribution in [0.15, 0.2) is 24.3 Å². The fourth-order valence-electron chi connectivity index (χ4n) is 3.39. The molecule has 0 spiro atoms. The number of benzene rings is 1. The molecule has 2 nitrogen and oxygen atoms in total. The number of hydrogen-bond acceptors (Lipinski definition) is 2. The molecule has 1 fully saturated rings. The topological polar surface area (TPSA) is 21.3 Å². The third-order valence-corrected chi connectivity index (χ3v) is 4.85. The molecule has 1 aromatic carbocycles. The number of ether oxygens (including phenoxy) is 1. The van der Waals surface area contributed by atoms with Crippen molar-refractivity contribution >= 4 is 0 Å². The molecule has 21 heavy (non-hydrogen) atoms. The van der Waals surface area contributed by atoms with E-state index in [1.165, 1.54) is 18.4 Å². The molecule has 2 rings (SSSR count). The van der Waals surface area contributed by atoms with Crippen molar-refractivity contribution in [3.05, 3.63) is 29.8 Å². The smallest absolute Gasteiger partial charge is 0.122 e. The highest BCUT2D eigenvalue weighted by atomic mass is 16.5. The minimum absolute atomic E-state index is 0.282. The van der Waals surface area contributed by atoms with Crippen LogP contribution in [0.25, 0.3) is 0 Å². The first-order chi connectivity index (χ1) is 9.91. The van der Waals surface area contributed by atoms with Gasteiger partial charge in [0, 0.05) is 6.04 Å². The molecule has 0 radical (unpaired) electrons. The Balaban J connectivity index is 2.12. The molecule has 118 valence electrons. The lowest BCUT2D eigenvalue weighted by molar-refractivity contribution is 0.0473. The van der Waals surface area contributed by atoms with Crippen molar-refractivity contribution in [2.24, 2.45) is 11.3 Å². The second kappa shape index (κ2) is 6.83. The molecule has 0 amide bonds. The van der Waals surface area contributed by atoms with Crippen molar-refractivity contribution in [1.29, 1.82) is 0 Å². The number of para-hydroxylation sites is 1. The molecule has 1 saturated carbocycles. The standard InChI is InChI=1S/C19H31NO/c1-6-20-16-12-11-15(19(3,4)5)13-18(16)21-17-10-8-7-9-14(17)2/h7-10,15-16,18,20H,6,11-13H2,1-5H3. The third kappa shape index (κ3) is 4.23. The molecule has 3 unspecified atom stereocenters. The van der Waals surface area contributed by atoms with Crippen molar-refractivity contribution in [1.82, 2.24) is 5.32 Å². The second-order valence-corrected chi connectivity index (χ2v) is 7.46. The maximum atomic E-state index is 6.41. The van der Waals surface area contributed by atoms with Crippen LogP contribution in [-0.4, -0.2) is 18.7 Å². The summed E-state index contributed by atoms with van der Waals surface area (Å²) >= 11 is 0. The Bertz CT molecular complexity index is 449. The van der Waals surface area contributed by atoms with E-state index in [1.54, 1.807) is 0 Å². The highest BCUT2D eigenvalue weighted by Gasteiger charge is 2.36. The number of hydrogen-bond donors (Lipinski definition) is 1. The Morgan fingerprint density at radius 1 is 1.19 bits per heavy atom. The summed E-state index contributed by atoms with van der Waals surface area (Å²) in [4.78, 5) is 0. The number of nitrogens with one attached hydrogen (secondary N) is 1. The van der Waals surface area contributed by atoms with Crippen molar-refractivity contribution in [2.75, 3.05) is 6.54 Å². The van der Waals surface area contributed by atoms with E-state index in [0.717, 1.165) is 24.6 Å². The van der Waals surface area contributed by atoms with Crippen molar-refractivity contribution in [3.8, 4) is 5.75 Å². The molecule has 1 aromatic rings. The fraction of sp³-hybridized carbons (Fsp3) is 0.684. The van der Waals surface area contributed by atoms with Gasteiger partial charge in [-0.25, -0.2) is 0 Å². The van der Waals surface area contributed by atoms with Gasteiger partial charge in [0.2, 0.25) is 0 Å². The van der Waals surface area contributed by atoms with Crippen LogP contribution in [0.5, 0.6) is 5.75 Å². The summed E-state index contributed by atoms with van der Waals surface area (Å²) in [6, 6.07) is 8.84. The molecule has 0 saturated heterocycles. The zero-order chi connectivity index (χ0) is 15.5. The second-order valence-electron chi connectivity index (χ2n) is 7.46. The first kappa shape index (κ1) is 16.4. The zero-order valence-corrected chi connectivity index (χ0v) is 14.3. The van der Waals surface area contributed by atoms with Gasteiger partial charge in [-0.3, -0.25) is 0 Å². The molecule has 1 N–H and O–H groups in total. The van der Waals surface area contributed by atoms with E-state index in [9.17, 15) is 0 Å². The molecule has 1 aliphatic carbocycles. The monoisotopic (exact) mass is 289 g/mol. The Morgan fingerprint density at radius 2 is 1.90 bits per heavy atom. The summed E-state index contributed by atoms with van der Waals surface area (Å²) in [5, 5.41) is 3.62. The van der Waals surface area contributed by atoms with Crippen LogP contribution in [0.4, 0.5) is 0 Å². The van der Waals surface area contributed by atoms with Crippen molar-refractivity contribution in [3.63, 3.8) is 0 Å². The minimum Gasteiger partial charge on any atom is -0.489 e. The summed E-state index contributed by atoms with van der Waals surface area (Å²) in [7, 11) is 0. The molecule has 2 heteroatoms. The van der Waals surface area contributed by atoms with E-state index < -0.39 is 0 Å². The molecule has 0 heterocycles. The van der Waals surface area contributed by atoms with Crippen LogP contribution < -0.4 is 10.1 Å². The summed E-state index contributed by atoms with van der Waals surface area (Å²) in [6.45, 7) is 12.4. The predicted octanol–water partition coefficient (Wildman–Crippen LogP) is 4.57. The van der Waals surface area contributed by atoms with Gasteiger partial charge < -0.3 is 10.1 Å². The van der Waals surface area contributed by atoms with Gasteiger partial charge in [0.25, 0.3) is 0 Å². The Kier molecular flexibility index (Phi) is 5.32. The Labute approximate surface area is 130 Å². The quantitative estimate of drug-likeness (QED) is 0.877. The lowest BCUT2D eigenvalue weighted by atomic mass is 9.70. The lowest BCUT2D eigenvalue weighted by Gasteiger charge is -2.42. The number of rotatable bonds is 4. The number of likely N-dealkylation sites (N-methyl/N-ethyl adjacent to an activating group) is 1. The maximum Gasteiger partial charge on any atom is 0.122 e. The van der Waals surface area contributed by atoms with E-state index in [0.29, 0.717) is 11.5 Å². The van der Waals surface area contributed by atoms with Crippen LogP contribution in [0, 0.1) is 18.3 Å². The van der Waals surface area contributed by atoms with Crippen LogP contribution in [0.2, 0.25) is 0 Å². The predicted molar refractivity (Wildman–Crippen MR) is 89.9 cm³/mol. The van der Waals surface area contributed by atoms with Gasteiger partial charge in [-0.1, -0.05) is 45.9 Å².